The van der Waals surface area contributed by atoms with E-state index in [1.165, 1.54) is 36.0 Å². The lowest BCUT2D eigenvalue weighted by Gasteiger charge is -2.25. The number of hydrogen-bond acceptors (Lipinski definition) is 6. The first kappa shape index (κ1) is 18.3. The van der Waals surface area contributed by atoms with Crippen molar-refractivity contribution in [2.75, 3.05) is 23.7 Å². The van der Waals surface area contributed by atoms with Crippen molar-refractivity contribution in [3.05, 3.63) is 64.8 Å². The Morgan fingerprint density at radius 2 is 2.11 bits per heavy atom. The maximum atomic E-state index is 13.7. The van der Waals surface area contributed by atoms with E-state index in [0.717, 1.165) is 10.6 Å². The van der Waals surface area contributed by atoms with Crippen molar-refractivity contribution in [2.24, 2.45) is 0 Å². The van der Waals surface area contributed by atoms with E-state index in [4.69, 9.17) is 4.42 Å². The number of rotatable bonds is 5. The second-order valence-corrected chi connectivity index (χ2v) is 7.43. The third-order valence-electron chi connectivity index (χ3n) is 4.33. The summed E-state index contributed by atoms with van der Waals surface area (Å²) in [7, 11) is 0. The minimum Gasteiger partial charge on any atom is -0.472 e. The summed E-state index contributed by atoms with van der Waals surface area (Å²) in [4.78, 5) is 31.8. The smallest absolute Gasteiger partial charge is 0.260 e. The maximum Gasteiger partial charge on any atom is 0.260 e. The highest BCUT2D eigenvalue weighted by atomic mass is 32.1. The standard InChI is InChI=1S/C19H17FN4O3S/c20-13-3-1-2-4-14(13)21-17(25)10-24-7-5-15-16(9-24)28-19(22-15)23-18(26)12-6-8-27-11-12/h1-4,6,8,11H,5,7,9-10H2,(H,21,25)(H,22,23,26). The summed E-state index contributed by atoms with van der Waals surface area (Å²) >= 11 is 1.39. The molecule has 0 saturated carbocycles. The number of hydrogen-bond donors (Lipinski definition) is 2. The van der Waals surface area contributed by atoms with E-state index in [2.05, 4.69) is 15.6 Å². The highest BCUT2D eigenvalue weighted by Crippen LogP contribution is 2.28. The lowest BCUT2D eigenvalue weighted by Crippen LogP contribution is -2.36. The highest BCUT2D eigenvalue weighted by molar-refractivity contribution is 7.15. The van der Waals surface area contributed by atoms with Crippen LogP contribution in [0.1, 0.15) is 20.9 Å². The molecule has 1 aliphatic heterocycles. The second-order valence-electron chi connectivity index (χ2n) is 6.34. The van der Waals surface area contributed by atoms with Crippen molar-refractivity contribution in [2.45, 2.75) is 13.0 Å². The van der Waals surface area contributed by atoms with Crippen LogP contribution >= 0.6 is 11.3 Å². The molecule has 4 rings (SSSR count). The fourth-order valence-electron chi connectivity index (χ4n) is 2.96. The molecule has 0 unspecified atom stereocenters. The maximum absolute atomic E-state index is 13.7. The Morgan fingerprint density at radius 1 is 1.25 bits per heavy atom. The molecule has 28 heavy (non-hydrogen) atoms. The Bertz CT molecular complexity index is 1000. The van der Waals surface area contributed by atoms with Crippen LogP contribution in [0.2, 0.25) is 0 Å². The molecular weight excluding hydrogens is 383 g/mol. The van der Waals surface area contributed by atoms with Crippen molar-refractivity contribution in [3.63, 3.8) is 0 Å². The van der Waals surface area contributed by atoms with E-state index in [1.54, 1.807) is 18.2 Å². The SMILES string of the molecule is O=C(CN1CCc2nc(NC(=O)c3ccoc3)sc2C1)Nc1ccccc1F. The predicted molar refractivity (Wildman–Crippen MR) is 103 cm³/mol. The first-order valence-corrected chi connectivity index (χ1v) is 9.49. The lowest BCUT2D eigenvalue weighted by molar-refractivity contribution is -0.117. The van der Waals surface area contributed by atoms with Gasteiger partial charge in [0.1, 0.15) is 12.1 Å². The predicted octanol–water partition coefficient (Wildman–Crippen LogP) is 3.12. The van der Waals surface area contributed by atoms with Crippen molar-refractivity contribution in [1.82, 2.24) is 9.88 Å². The van der Waals surface area contributed by atoms with E-state index < -0.39 is 5.82 Å². The molecule has 3 aromatic rings. The van der Waals surface area contributed by atoms with E-state index in [1.807, 2.05) is 4.90 Å². The number of furan rings is 1. The van der Waals surface area contributed by atoms with Gasteiger partial charge in [-0.15, -0.1) is 11.3 Å². The van der Waals surface area contributed by atoms with Gasteiger partial charge in [0.05, 0.1) is 29.8 Å². The Morgan fingerprint density at radius 3 is 2.89 bits per heavy atom. The van der Waals surface area contributed by atoms with Gasteiger partial charge in [0.2, 0.25) is 5.91 Å². The third kappa shape index (κ3) is 4.10. The Kier molecular flexibility index (Phi) is 5.18. The molecule has 9 heteroatoms. The molecule has 2 aromatic heterocycles. The zero-order valence-corrected chi connectivity index (χ0v) is 15.6. The number of amides is 2. The summed E-state index contributed by atoms with van der Waals surface area (Å²) in [6.45, 7) is 1.37. The third-order valence-corrected chi connectivity index (χ3v) is 5.33. The van der Waals surface area contributed by atoms with Crippen LogP contribution in [-0.4, -0.2) is 34.8 Å². The van der Waals surface area contributed by atoms with Crippen LogP contribution in [0.15, 0.2) is 47.3 Å². The van der Waals surface area contributed by atoms with Crippen molar-refractivity contribution in [1.29, 1.82) is 0 Å². The van der Waals surface area contributed by atoms with Crippen LogP contribution in [0.5, 0.6) is 0 Å². The number of fused-ring (bicyclic) bond motifs is 1. The molecule has 0 bridgehead atoms. The number of nitrogens with one attached hydrogen (secondary N) is 2. The number of aromatic nitrogens is 1. The highest BCUT2D eigenvalue weighted by Gasteiger charge is 2.23. The van der Waals surface area contributed by atoms with E-state index >= 15 is 0 Å². The van der Waals surface area contributed by atoms with Gasteiger partial charge in [-0.1, -0.05) is 12.1 Å². The molecule has 0 aliphatic carbocycles. The molecular formula is C19H17FN4O3S. The fraction of sp³-hybridized carbons (Fsp3) is 0.211. The number of carbonyl (C=O) groups is 2. The first-order chi connectivity index (χ1) is 13.6. The fourth-order valence-corrected chi connectivity index (χ4v) is 4.00. The van der Waals surface area contributed by atoms with Gasteiger partial charge in [-0.25, -0.2) is 9.37 Å². The molecule has 1 aromatic carbocycles. The minimum absolute atomic E-state index is 0.155. The van der Waals surface area contributed by atoms with Crippen LogP contribution < -0.4 is 10.6 Å². The normalized spacial score (nSPS) is 13.8. The van der Waals surface area contributed by atoms with E-state index in [0.29, 0.717) is 30.2 Å². The van der Waals surface area contributed by atoms with Crippen LogP contribution in [0.3, 0.4) is 0 Å². The molecule has 144 valence electrons. The molecule has 2 N–H and O–H groups in total. The molecule has 0 saturated heterocycles. The average molecular weight is 400 g/mol. The molecule has 1 aliphatic rings. The monoisotopic (exact) mass is 400 g/mol. The largest absolute Gasteiger partial charge is 0.472 e. The van der Waals surface area contributed by atoms with Gasteiger partial charge < -0.3 is 9.73 Å². The summed E-state index contributed by atoms with van der Waals surface area (Å²) in [5.74, 6) is -1.01. The number of nitrogens with zero attached hydrogens (tertiary/aromatic N) is 2. The summed E-state index contributed by atoms with van der Waals surface area (Å²) < 4.78 is 18.6. The summed E-state index contributed by atoms with van der Waals surface area (Å²) in [6, 6.07) is 7.66. The van der Waals surface area contributed by atoms with Crippen LogP contribution in [0.4, 0.5) is 15.2 Å². The van der Waals surface area contributed by atoms with Crippen molar-refractivity contribution < 1.29 is 18.4 Å². The molecule has 7 nitrogen and oxygen atoms in total. The number of thiazole rings is 1. The van der Waals surface area contributed by atoms with Crippen LogP contribution in [0.25, 0.3) is 0 Å². The van der Waals surface area contributed by atoms with Gasteiger partial charge in [0.25, 0.3) is 5.91 Å². The van der Waals surface area contributed by atoms with Gasteiger partial charge >= 0.3 is 0 Å². The summed E-state index contributed by atoms with van der Waals surface area (Å²) in [6.07, 6.45) is 3.49. The lowest BCUT2D eigenvalue weighted by atomic mass is 10.2. The van der Waals surface area contributed by atoms with Crippen molar-refractivity contribution >= 4 is 34.0 Å². The number of para-hydroxylation sites is 1. The van der Waals surface area contributed by atoms with Gasteiger partial charge in [-0.2, -0.15) is 0 Å². The Labute approximate surface area is 164 Å². The van der Waals surface area contributed by atoms with E-state index in [9.17, 15) is 14.0 Å². The topological polar surface area (TPSA) is 87.5 Å². The zero-order valence-electron chi connectivity index (χ0n) is 14.8. The Hall–Kier alpha value is -3.04. The summed E-state index contributed by atoms with van der Waals surface area (Å²) in [5.41, 5.74) is 1.53. The number of benzene rings is 1. The van der Waals surface area contributed by atoms with Gasteiger partial charge in [0, 0.05) is 24.4 Å². The zero-order chi connectivity index (χ0) is 19.5. The molecule has 0 radical (unpaired) electrons. The van der Waals surface area contributed by atoms with Crippen molar-refractivity contribution in [3.8, 4) is 0 Å². The minimum atomic E-state index is -0.461. The molecule has 0 atom stereocenters. The second kappa shape index (κ2) is 7.91. The Balaban J connectivity index is 1.35. The van der Waals surface area contributed by atoms with Crippen LogP contribution in [-0.2, 0) is 17.8 Å². The van der Waals surface area contributed by atoms with Gasteiger partial charge in [-0.05, 0) is 18.2 Å². The number of halogens is 1. The molecule has 3 heterocycles. The molecule has 2 amide bonds. The number of carbonyl (C=O) groups excluding carboxylic acids is 2. The van der Waals surface area contributed by atoms with Gasteiger partial charge in [-0.3, -0.25) is 19.8 Å². The molecule has 0 fully saturated rings. The average Bonchev–Trinajstić information content (AvgIpc) is 3.32. The first-order valence-electron chi connectivity index (χ1n) is 8.67. The van der Waals surface area contributed by atoms with Crippen LogP contribution in [0, 0.1) is 5.82 Å². The van der Waals surface area contributed by atoms with Gasteiger partial charge in [0.15, 0.2) is 5.13 Å². The molecule has 0 spiro atoms. The number of anilines is 2. The quantitative estimate of drug-likeness (QED) is 0.687. The summed E-state index contributed by atoms with van der Waals surface area (Å²) in [5, 5.41) is 5.88. The van der Waals surface area contributed by atoms with E-state index in [-0.39, 0.29) is 24.0 Å².